The molecule has 0 spiro atoms. The van der Waals surface area contributed by atoms with Gasteiger partial charge < -0.3 is 10.6 Å². The minimum Gasteiger partial charge on any atom is -0.349 e. The Labute approximate surface area is 187 Å². The number of carbonyl (C=O) groups excluding carboxylic acids is 2. The summed E-state index contributed by atoms with van der Waals surface area (Å²) >= 11 is 0. The van der Waals surface area contributed by atoms with Crippen molar-refractivity contribution in [1.82, 2.24) is 9.62 Å². The lowest BCUT2D eigenvalue weighted by Gasteiger charge is -2.20. The van der Waals surface area contributed by atoms with Gasteiger partial charge in [-0.1, -0.05) is 36.9 Å². The van der Waals surface area contributed by atoms with Crippen LogP contribution in [0.5, 0.6) is 0 Å². The van der Waals surface area contributed by atoms with E-state index >= 15 is 0 Å². The van der Waals surface area contributed by atoms with E-state index in [1.807, 2.05) is 30.3 Å². The van der Waals surface area contributed by atoms with Crippen molar-refractivity contribution in [2.45, 2.75) is 23.3 Å². The highest BCUT2D eigenvalue weighted by Crippen LogP contribution is 2.48. The molecule has 4 atom stereocenters. The quantitative estimate of drug-likeness (QED) is 0.632. The Morgan fingerprint density at radius 2 is 1.66 bits per heavy atom. The zero-order valence-electron chi connectivity index (χ0n) is 17.5. The Balaban J connectivity index is 1.17. The maximum atomic E-state index is 13.0. The van der Waals surface area contributed by atoms with Gasteiger partial charge in [-0.25, -0.2) is 8.42 Å². The van der Waals surface area contributed by atoms with E-state index in [2.05, 4.69) is 17.2 Å². The fourth-order valence-electron chi connectivity index (χ4n) is 4.77. The summed E-state index contributed by atoms with van der Waals surface area (Å²) in [6, 6.07) is 16.4. The van der Waals surface area contributed by atoms with Gasteiger partial charge in [0.15, 0.2) is 0 Å². The third-order valence-electron chi connectivity index (χ3n) is 6.77. The highest BCUT2D eigenvalue weighted by Gasteiger charge is 2.58. The number of nitrogens with one attached hydrogen (secondary N) is 2. The summed E-state index contributed by atoms with van der Waals surface area (Å²) in [6.07, 6.45) is 2.06. The zero-order valence-corrected chi connectivity index (χ0v) is 18.3. The lowest BCUT2D eigenvalue weighted by molar-refractivity contribution is -0.118. The van der Waals surface area contributed by atoms with Crippen molar-refractivity contribution in [1.29, 1.82) is 0 Å². The summed E-state index contributed by atoms with van der Waals surface area (Å²) in [5.41, 5.74) is 1.76. The Kier molecular flexibility index (Phi) is 5.14. The highest BCUT2D eigenvalue weighted by molar-refractivity contribution is 7.89. The van der Waals surface area contributed by atoms with E-state index in [-0.39, 0.29) is 46.4 Å². The van der Waals surface area contributed by atoms with Crippen LogP contribution >= 0.6 is 0 Å². The van der Waals surface area contributed by atoms with Crippen molar-refractivity contribution in [3.8, 4) is 0 Å². The van der Waals surface area contributed by atoms with Gasteiger partial charge in [0.25, 0.3) is 0 Å². The van der Waals surface area contributed by atoms with E-state index in [0.29, 0.717) is 18.8 Å². The lowest BCUT2D eigenvalue weighted by Crippen LogP contribution is -2.36. The number of rotatable bonds is 7. The summed E-state index contributed by atoms with van der Waals surface area (Å²) in [7, 11) is -3.60. The summed E-state index contributed by atoms with van der Waals surface area (Å²) < 4.78 is 27.4. The van der Waals surface area contributed by atoms with Crippen LogP contribution in [-0.2, 0) is 19.6 Å². The number of nitrogens with zero attached hydrogens (tertiary/aromatic N) is 1. The molecule has 2 N–H and O–H groups in total. The van der Waals surface area contributed by atoms with Crippen molar-refractivity contribution in [3.63, 3.8) is 0 Å². The Morgan fingerprint density at radius 1 is 1.00 bits per heavy atom. The Morgan fingerprint density at radius 3 is 2.28 bits per heavy atom. The molecule has 2 aromatic rings. The number of hydrogen-bond donors (Lipinski definition) is 2. The number of sulfonamides is 1. The molecule has 3 aliphatic rings. The normalized spacial score (nSPS) is 28.4. The van der Waals surface area contributed by atoms with Gasteiger partial charge in [0, 0.05) is 30.7 Å². The van der Waals surface area contributed by atoms with Crippen molar-refractivity contribution >= 4 is 27.5 Å². The van der Waals surface area contributed by atoms with E-state index in [4.69, 9.17) is 0 Å². The van der Waals surface area contributed by atoms with Gasteiger partial charge in [0.1, 0.15) is 0 Å². The van der Waals surface area contributed by atoms with Gasteiger partial charge in [-0.3, -0.25) is 9.59 Å². The lowest BCUT2D eigenvalue weighted by atomic mass is 10.1. The molecule has 1 aliphatic heterocycles. The molecule has 1 saturated heterocycles. The van der Waals surface area contributed by atoms with Gasteiger partial charge >= 0.3 is 0 Å². The van der Waals surface area contributed by atoms with Gasteiger partial charge in [-0.05, 0) is 60.1 Å². The monoisotopic (exact) mass is 451 g/mol. The SMILES string of the molecule is C=CC(=O)NC1C2CN(S(=O)(=O)c3ccc(NC(=O)C4CC4c4ccccc4)cc3)CC21. The maximum absolute atomic E-state index is 13.0. The van der Waals surface area contributed by atoms with Crippen LogP contribution < -0.4 is 10.6 Å². The zero-order chi connectivity index (χ0) is 22.5. The van der Waals surface area contributed by atoms with Crippen LogP contribution in [0.4, 0.5) is 5.69 Å². The van der Waals surface area contributed by atoms with E-state index < -0.39 is 10.0 Å². The minimum absolute atomic E-state index is 0.0340. The third-order valence-corrected chi connectivity index (χ3v) is 8.62. The fourth-order valence-corrected chi connectivity index (χ4v) is 6.28. The van der Waals surface area contributed by atoms with Crippen molar-refractivity contribution < 1.29 is 18.0 Å². The molecule has 2 saturated carbocycles. The van der Waals surface area contributed by atoms with E-state index in [1.165, 1.54) is 28.1 Å². The molecule has 3 fully saturated rings. The number of piperidine rings is 1. The Bertz CT molecular complexity index is 1150. The molecule has 2 aromatic carbocycles. The van der Waals surface area contributed by atoms with E-state index in [0.717, 1.165) is 6.42 Å². The van der Waals surface area contributed by atoms with Crippen LogP contribution in [0.15, 0.2) is 72.1 Å². The molecular weight excluding hydrogens is 426 g/mol. The van der Waals surface area contributed by atoms with Crippen molar-refractivity contribution in [2.24, 2.45) is 17.8 Å². The summed E-state index contributed by atoms with van der Waals surface area (Å²) in [5.74, 6) is 0.246. The maximum Gasteiger partial charge on any atom is 0.243 e. The number of fused-ring (bicyclic) bond motifs is 1. The second kappa shape index (κ2) is 7.86. The average Bonchev–Trinajstić information content (AvgIpc) is 3.68. The molecule has 2 amide bonds. The second-order valence-electron chi connectivity index (χ2n) is 8.76. The molecule has 7 nitrogen and oxygen atoms in total. The summed E-state index contributed by atoms with van der Waals surface area (Å²) in [5, 5.41) is 5.75. The van der Waals surface area contributed by atoms with Crippen LogP contribution in [0.25, 0.3) is 0 Å². The van der Waals surface area contributed by atoms with Gasteiger partial charge in [-0.2, -0.15) is 4.31 Å². The highest BCUT2D eigenvalue weighted by atomic mass is 32.2. The van der Waals surface area contributed by atoms with Crippen LogP contribution in [0, 0.1) is 17.8 Å². The average molecular weight is 452 g/mol. The number of benzene rings is 2. The standard InChI is InChI=1S/C24H25N3O4S/c1-2-22(28)26-23-20-13-27(14-21(20)23)32(30,31)17-10-8-16(9-11-17)25-24(29)19-12-18(19)15-6-4-3-5-7-15/h2-11,18-21,23H,1,12-14H2,(H,25,29)(H,26,28). The number of carbonyl (C=O) groups is 2. The first-order valence-electron chi connectivity index (χ1n) is 10.8. The molecule has 0 bridgehead atoms. The summed E-state index contributed by atoms with van der Waals surface area (Å²) in [6.45, 7) is 4.24. The first-order valence-corrected chi connectivity index (χ1v) is 12.2. The van der Waals surface area contributed by atoms with Gasteiger partial charge in [-0.15, -0.1) is 0 Å². The minimum atomic E-state index is -3.60. The molecule has 0 aromatic heterocycles. The van der Waals surface area contributed by atoms with E-state index in [1.54, 1.807) is 12.1 Å². The van der Waals surface area contributed by atoms with Crippen LogP contribution in [0.2, 0.25) is 0 Å². The van der Waals surface area contributed by atoms with Crippen molar-refractivity contribution in [3.05, 3.63) is 72.8 Å². The van der Waals surface area contributed by atoms with Gasteiger partial charge in [0.2, 0.25) is 21.8 Å². The molecule has 5 rings (SSSR count). The van der Waals surface area contributed by atoms with E-state index in [9.17, 15) is 18.0 Å². The number of amides is 2. The molecule has 4 unspecified atom stereocenters. The topological polar surface area (TPSA) is 95.6 Å². The fraction of sp³-hybridized carbons (Fsp3) is 0.333. The smallest absolute Gasteiger partial charge is 0.243 e. The van der Waals surface area contributed by atoms with Crippen molar-refractivity contribution in [2.75, 3.05) is 18.4 Å². The van der Waals surface area contributed by atoms with Crippen LogP contribution in [0.3, 0.4) is 0 Å². The number of anilines is 1. The molecule has 1 heterocycles. The molecule has 2 aliphatic carbocycles. The largest absolute Gasteiger partial charge is 0.349 e. The molecule has 8 heteroatoms. The molecule has 166 valence electrons. The molecule has 32 heavy (non-hydrogen) atoms. The molecular formula is C24H25N3O4S. The third kappa shape index (κ3) is 3.84. The number of hydrogen-bond acceptors (Lipinski definition) is 4. The predicted octanol–water partition coefficient (Wildman–Crippen LogP) is 2.35. The summed E-state index contributed by atoms with van der Waals surface area (Å²) in [4.78, 5) is 24.2. The second-order valence-corrected chi connectivity index (χ2v) is 10.7. The first-order chi connectivity index (χ1) is 15.4. The first kappa shape index (κ1) is 20.9. The van der Waals surface area contributed by atoms with Gasteiger partial charge in [0.05, 0.1) is 4.90 Å². The molecule has 0 radical (unpaired) electrons. The predicted molar refractivity (Wildman–Crippen MR) is 120 cm³/mol. The Hall–Kier alpha value is -2.97. The van der Waals surface area contributed by atoms with Crippen LogP contribution in [-0.4, -0.2) is 43.7 Å². The van der Waals surface area contributed by atoms with Crippen LogP contribution in [0.1, 0.15) is 17.9 Å².